The van der Waals surface area contributed by atoms with Crippen molar-refractivity contribution in [1.29, 1.82) is 0 Å². The molecule has 6 rings (SSSR count). The number of ether oxygens (including phenoxy) is 1. The zero-order chi connectivity index (χ0) is 35.4. The maximum Gasteiger partial charge on any atom is 1.00 e. The molecule has 2 aliphatic heterocycles. The second kappa shape index (κ2) is 17.2. The Morgan fingerprint density at radius 2 is 1.04 bits per heavy atom. The quantitative estimate of drug-likeness (QED) is 0.320. The minimum Gasteiger partial charge on any atom is -0.870 e. The van der Waals surface area contributed by atoms with Gasteiger partial charge in [0.15, 0.2) is 0 Å². The molecular formula is C28H33Cl6LiN4O10S2. The van der Waals surface area contributed by atoms with Gasteiger partial charge in [-0.25, -0.2) is 0 Å². The summed E-state index contributed by atoms with van der Waals surface area (Å²) in [5.41, 5.74) is -0.108. The number of halogens is 6. The number of carboxylic acid groups (broad SMARTS) is 1. The number of hydrogen-bond donors (Lipinski definition) is 1. The van der Waals surface area contributed by atoms with Crippen LogP contribution in [0, 0.1) is 10.8 Å². The molecule has 0 unspecified atom stereocenters. The van der Waals surface area contributed by atoms with E-state index in [1.165, 1.54) is 28.6 Å². The van der Waals surface area contributed by atoms with Crippen LogP contribution in [0.1, 0.15) is 32.6 Å². The van der Waals surface area contributed by atoms with E-state index in [0.29, 0.717) is 10.0 Å². The molecule has 2 aromatic rings. The number of carbonyl (C=O) groups is 2. The predicted molar refractivity (Wildman–Crippen MR) is 192 cm³/mol. The molecule has 2 spiro atoms. The third kappa shape index (κ3) is 10.0. The van der Waals surface area contributed by atoms with E-state index in [1.807, 2.05) is 0 Å². The van der Waals surface area contributed by atoms with Crippen LogP contribution in [0.15, 0.2) is 24.3 Å². The Hall–Kier alpha value is -0.943. The van der Waals surface area contributed by atoms with Crippen LogP contribution in [-0.4, -0.2) is 99.3 Å². The van der Waals surface area contributed by atoms with Gasteiger partial charge < -0.3 is 20.8 Å². The molecule has 2 saturated heterocycles. The van der Waals surface area contributed by atoms with Crippen LogP contribution in [0.5, 0.6) is 0 Å². The average Bonchev–Trinajstić information content (AvgIpc) is 3.87. The number of nitrogens with zero attached hydrogens (tertiary/aromatic N) is 4. The summed E-state index contributed by atoms with van der Waals surface area (Å²) >= 11 is 36.6. The fourth-order valence-electron chi connectivity index (χ4n) is 5.76. The molecule has 4 fully saturated rings. The number of esters is 1. The van der Waals surface area contributed by atoms with Gasteiger partial charge in [-0.1, -0.05) is 69.6 Å². The summed E-state index contributed by atoms with van der Waals surface area (Å²) in [7, 11) is -7.99. The van der Waals surface area contributed by atoms with Crippen molar-refractivity contribution in [2.75, 3.05) is 54.5 Å². The molecule has 51 heavy (non-hydrogen) atoms. The maximum atomic E-state index is 13.1. The van der Waals surface area contributed by atoms with Crippen molar-refractivity contribution in [2.45, 2.75) is 32.6 Å². The predicted octanol–water partition coefficient (Wildman–Crippen LogP) is 2.24. The van der Waals surface area contributed by atoms with Crippen molar-refractivity contribution in [2.24, 2.45) is 10.8 Å². The normalized spacial score (nSPS) is 20.5. The first kappa shape index (κ1) is 46.2. The summed E-state index contributed by atoms with van der Waals surface area (Å²) in [6.07, 6.45) is 3.41. The topological polar surface area (TPSA) is 206 Å². The Morgan fingerprint density at radius 3 is 1.33 bits per heavy atom. The molecule has 23 heteroatoms. The molecule has 0 bridgehead atoms. The zero-order valence-electron chi connectivity index (χ0n) is 27.2. The largest absolute Gasteiger partial charge is 1.00 e. The molecule has 0 atom stereocenters. The van der Waals surface area contributed by atoms with E-state index in [1.54, 1.807) is 6.92 Å². The van der Waals surface area contributed by atoms with E-state index >= 15 is 0 Å². The van der Waals surface area contributed by atoms with Gasteiger partial charge in [-0.15, -0.1) is 0 Å². The minimum absolute atomic E-state index is 0. The van der Waals surface area contributed by atoms with Gasteiger partial charge in [0, 0.05) is 47.1 Å². The smallest absolute Gasteiger partial charge is 0.870 e. The number of benzene rings is 2. The van der Waals surface area contributed by atoms with Crippen LogP contribution in [0.3, 0.4) is 0 Å². The third-order valence-corrected chi connectivity index (χ3v) is 13.6. The van der Waals surface area contributed by atoms with E-state index < -0.39 is 38.9 Å². The van der Waals surface area contributed by atoms with Crippen molar-refractivity contribution in [3.05, 3.63) is 54.4 Å². The fourth-order valence-corrected chi connectivity index (χ4v) is 11.7. The summed E-state index contributed by atoms with van der Waals surface area (Å²) in [6, 6.07) is 5.72. The first-order valence-electron chi connectivity index (χ1n) is 14.6. The number of aliphatic carboxylic acids is 1. The molecule has 2 aliphatic carbocycles. The molecule has 2 saturated carbocycles. The van der Waals surface area contributed by atoms with Crippen molar-refractivity contribution >= 4 is 113 Å². The molecule has 4 N–H and O–H groups in total. The summed E-state index contributed by atoms with van der Waals surface area (Å²) in [5, 5.41) is 10.1. The third-order valence-electron chi connectivity index (χ3n) is 8.49. The monoisotopic (exact) mass is 866 g/mol. The van der Waals surface area contributed by atoms with Crippen LogP contribution in [-0.2, 0) is 34.7 Å². The van der Waals surface area contributed by atoms with Gasteiger partial charge in [0.05, 0.1) is 38.1 Å². The van der Waals surface area contributed by atoms with Crippen LogP contribution in [0.2, 0.25) is 30.1 Å². The average molecular weight is 869 g/mol. The summed E-state index contributed by atoms with van der Waals surface area (Å²) in [6.45, 7) is 1.92. The van der Waals surface area contributed by atoms with Crippen molar-refractivity contribution in [3.8, 4) is 0 Å². The zero-order valence-corrected chi connectivity index (χ0v) is 33.4. The summed E-state index contributed by atoms with van der Waals surface area (Å²) in [4.78, 5) is 22.9. The first-order chi connectivity index (χ1) is 22.3. The van der Waals surface area contributed by atoms with Crippen molar-refractivity contribution in [1.82, 2.24) is 8.61 Å². The van der Waals surface area contributed by atoms with Crippen LogP contribution in [0.25, 0.3) is 0 Å². The molecule has 4 aliphatic rings. The summed E-state index contributed by atoms with van der Waals surface area (Å²) < 4.78 is 61.0. The Bertz CT molecular complexity index is 1820. The van der Waals surface area contributed by atoms with Gasteiger partial charge in [-0.2, -0.15) is 25.4 Å². The first-order valence-corrected chi connectivity index (χ1v) is 19.6. The van der Waals surface area contributed by atoms with Gasteiger partial charge in [0.25, 0.3) is 0 Å². The number of carbonyl (C=O) groups excluding carboxylic acids is 1. The van der Waals surface area contributed by atoms with Gasteiger partial charge >= 0.3 is 51.2 Å². The van der Waals surface area contributed by atoms with Gasteiger partial charge in [0.1, 0.15) is 13.1 Å². The Kier molecular flexibility index (Phi) is 15.6. The molecule has 2 heterocycles. The number of anilines is 2. The maximum absolute atomic E-state index is 13.1. The van der Waals surface area contributed by atoms with E-state index in [-0.39, 0.29) is 111 Å². The Labute approximate surface area is 337 Å². The number of rotatable bonds is 7. The van der Waals surface area contributed by atoms with Crippen LogP contribution in [0.4, 0.5) is 11.4 Å². The number of hydrogen-bond acceptors (Lipinski definition) is 8. The molecule has 0 radical (unpaired) electrons. The minimum atomic E-state index is -4.03. The molecule has 0 amide bonds. The van der Waals surface area contributed by atoms with Crippen LogP contribution >= 0.6 is 69.6 Å². The second-order valence-electron chi connectivity index (χ2n) is 12.2. The summed E-state index contributed by atoms with van der Waals surface area (Å²) in [5.74, 6) is -1.79. The molecule has 0 aromatic heterocycles. The van der Waals surface area contributed by atoms with E-state index in [4.69, 9.17) is 79.4 Å². The molecular weight excluding hydrogens is 836 g/mol. The van der Waals surface area contributed by atoms with E-state index in [0.717, 1.165) is 38.6 Å². The number of carboxylic acids is 1. The molecule has 280 valence electrons. The van der Waals surface area contributed by atoms with Gasteiger partial charge in [0.2, 0.25) is 0 Å². The van der Waals surface area contributed by atoms with E-state index in [9.17, 15) is 26.4 Å². The SMILES string of the molecule is CCOC(=O)CN1CC2(CC2)CN(c2c(Cl)cc(Cl)cc2Cl)S1(=O)=O.O.O=C(O)CN1CC2(CC2)CN(c2c(Cl)cc(Cl)cc2Cl)S1(=O)=O.[Li+].[OH-]. The van der Waals surface area contributed by atoms with Gasteiger partial charge in [-0.3, -0.25) is 18.2 Å². The van der Waals surface area contributed by atoms with Gasteiger partial charge in [-0.05, 0) is 56.9 Å². The van der Waals surface area contributed by atoms with Crippen molar-refractivity contribution in [3.63, 3.8) is 0 Å². The second-order valence-corrected chi connectivity index (χ2v) is 18.4. The van der Waals surface area contributed by atoms with Crippen molar-refractivity contribution < 1.29 is 66.1 Å². The van der Waals surface area contributed by atoms with E-state index in [2.05, 4.69) is 0 Å². The fraction of sp³-hybridized carbons (Fsp3) is 0.500. The standard InChI is InChI=1S/C15H17Cl3N2O4S.C13H13Cl3N2O4S.Li.2H2O/c1-2-24-13(21)7-19-8-15(3-4-15)9-20(25(19,22)23)14-11(17)5-10(16)6-12(14)18;14-8-3-9(15)12(10(16)4-8)18-7-13(1-2-13)6-17(5-11(19)20)23(18,21)22;;;/h5-6H,2-4,7-9H2,1H3;3-4H,1-2,5-7H2,(H,19,20);;2*1H2/q;;+1;;/p-1. The Balaban J connectivity index is 0.000000335. The Morgan fingerprint density at radius 1 is 0.706 bits per heavy atom. The molecule has 14 nitrogen and oxygen atoms in total. The molecule has 2 aromatic carbocycles. The van der Waals surface area contributed by atoms with Crippen LogP contribution < -0.4 is 27.5 Å².